The van der Waals surface area contributed by atoms with Crippen molar-refractivity contribution in [1.29, 1.82) is 0 Å². The molecule has 3 rings (SSSR count). The molecule has 0 bridgehead atoms. The number of hydrogen-bond acceptors (Lipinski definition) is 4. The molecule has 2 heterocycles. The summed E-state index contributed by atoms with van der Waals surface area (Å²) in [4.78, 5) is 6.88. The fraction of sp³-hybridized carbons (Fsp3) is 0.958. The second kappa shape index (κ2) is 16.5. The fourth-order valence-electron chi connectivity index (χ4n) is 4.83. The second-order valence-corrected chi connectivity index (χ2v) is 9.17. The molecule has 6 nitrogen and oxygen atoms in total. The summed E-state index contributed by atoms with van der Waals surface area (Å²) in [5, 5.41) is 3.55. The molecular formula is C24H46IN3O3. The summed E-state index contributed by atoms with van der Waals surface area (Å²) in [5.74, 6) is 1.04. The summed E-state index contributed by atoms with van der Waals surface area (Å²) in [7, 11) is 1.89. The van der Waals surface area contributed by atoms with Crippen molar-refractivity contribution in [2.75, 3.05) is 46.5 Å². The zero-order valence-electron chi connectivity index (χ0n) is 19.7. The van der Waals surface area contributed by atoms with E-state index in [0.717, 1.165) is 64.7 Å². The number of nitrogens with zero attached hydrogens (tertiary/aromatic N) is 2. The molecule has 0 aromatic carbocycles. The lowest BCUT2D eigenvalue weighted by Gasteiger charge is -2.35. The normalized spacial score (nSPS) is 24.1. The molecule has 1 atom stereocenters. The Labute approximate surface area is 207 Å². The third-order valence-electron chi connectivity index (χ3n) is 6.76. The molecular weight excluding hydrogens is 505 g/mol. The lowest BCUT2D eigenvalue weighted by atomic mass is 9.98. The maximum Gasteiger partial charge on any atom is 0.193 e. The molecule has 0 radical (unpaired) electrons. The number of nitrogens with one attached hydrogen (secondary N) is 1. The first-order valence-electron chi connectivity index (χ1n) is 12.7. The van der Waals surface area contributed by atoms with E-state index < -0.39 is 0 Å². The van der Waals surface area contributed by atoms with Crippen LogP contribution in [0.25, 0.3) is 0 Å². The van der Waals surface area contributed by atoms with Crippen molar-refractivity contribution in [3.63, 3.8) is 0 Å². The average Bonchev–Trinajstić information content (AvgIpc) is 2.81. The van der Waals surface area contributed by atoms with Crippen molar-refractivity contribution < 1.29 is 14.2 Å². The van der Waals surface area contributed by atoms with Gasteiger partial charge in [0.2, 0.25) is 0 Å². The largest absolute Gasteiger partial charge is 0.378 e. The van der Waals surface area contributed by atoms with Crippen molar-refractivity contribution in [2.45, 2.75) is 102 Å². The fourth-order valence-corrected chi connectivity index (χ4v) is 4.83. The molecule has 0 amide bonds. The highest BCUT2D eigenvalue weighted by molar-refractivity contribution is 14.0. The summed E-state index contributed by atoms with van der Waals surface area (Å²) in [6.07, 6.45) is 17.2. The summed E-state index contributed by atoms with van der Waals surface area (Å²) in [6.45, 7) is 5.63. The smallest absolute Gasteiger partial charge is 0.193 e. The van der Waals surface area contributed by atoms with Crippen LogP contribution in [-0.4, -0.2) is 75.7 Å². The Kier molecular flexibility index (Phi) is 14.4. The van der Waals surface area contributed by atoms with E-state index in [4.69, 9.17) is 14.2 Å². The van der Waals surface area contributed by atoms with Crippen LogP contribution >= 0.6 is 24.0 Å². The van der Waals surface area contributed by atoms with Gasteiger partial charge in [-0.2, -0.15) is 0 Å². The Morgan fingerprint density at radius 1 is 0.903 bits per heavy atom. The highest BCUT2D eigenvalue weighted by Crippen LogP contribution is 2.20. The summed E-state index contributed by atoms with van der Waals surface area (Å²) >= 11 is 0. The van der Waals surface area contributed by atoms with Gasteiger partial charge in [0.1, 0.15) is 0 Å². The first-order valence-corrected chi connectivity index (χ1v) is 12.7. The van der Waals surface area contributed by atoms with E-state index >= 15 is 0 Å². The van der Waals surface area contributed by atoms with Crippen molar-refractivity contribution in [3.8, 4) is 0 Å². The van der Waals surface area contributed by atoms with E-state index in [-0.39, 0.29) is 24.0 Å². The molecule has 0 aromatic rings. The monoisotopic (exact) mass is 551 g/mol. The predicted molar refractivity (Wildman–Crippen MR) is 138 cm³/mol. The molecule has 182 valence electrons. The van der Waals surface area contributed by atoms with E-state index in [1.165, 1.54) is 64.2 Å². The highest BCUT2D eigenvalue weighted by atomic mass is 127. The van der Waals surface area contributed by atoms with Gasteiger partial charge in [0, 0.05) is 39.9 Å². The van der Waals surface area contributed by atoms with Gasteiger partial charge < -0.3 is 24.4 Å². The SMILES string of the molecule is CN=C(NCCCCCOC1CCCCC1)N1CCC(OCC2CCCCO2)CC1.I. The van der Waals surface area contributed by atoms with E-state index in [1.807, 2.05) is 7.05 Å². The van der Waals surface area contributed by atoms with Crippen LogP contribution in [0.15, 0.2) is 4.99 Å². The number of halogens is 1. The van der Waals surface area contributed by atoms with E-state index in [1.54, 1.807) is 0 Å². The summed E-state index contributed by atoms with van der Waals surface area (Å²) in [5.41, 5.74) is 0. The number of hydrogen-bond donors (Lipinski definition) is 1. The molecule has 1 N–H and O–H groups in total. The quantitative estimate of drug-likeness (QED) is 0.184. The maximum atomic E-state index is 6.14. The van der Waals surface area contributed by atoms with E-state index in [0.29, 0.717) is 18.3 Å². The number of piperidine rings is 1. The molecule has 2 aliphatic heterocycles. The molecule has 3 aliphatic rings. The summed E-state index contributed by atoms with van der Waals surface area (Å²) in [6, 6.07) is 0. The van der Waals surface area contributed by atoms with Crippen molar-refractivity contribution >= 4 is 29.9 Å². The van der Waals surface area contributed by atoms with Crippen molar-refractivity contribution in [2.24, 2.45) is 4.99 Å². The average molecular weight is 552 g/mol. The molecule has 1 unspecified atom stereocenters. The molecule has 0 spiro atoms. The van der Waals surface area contributed by atoms with Crippen LogP contribution in [0.2, 0.25) is 0 Å². The number of rotatable bonds is 10. The number of likely N-dealkylation sites (tertiary alicyclic amines) is 1. The van der Waals surface area contributed by atoms with Gasteiger partial charge in [-0.05, 0) is 64.2 Å². The number of aliphatic imine (C=N–C) groups is 1. The minimum absolute atomic E-state index is 0. The Morgan fingerprint density at radius 3 is 2.35 bits per heavy atom. The second-order valence-electron chi connectivity index (χ2n) is 9.17. The summed E-state index contributed by atoms with van der Waals surface area (Å²) < 4.78 is 17.9. The standard InChI is InChI=1S/C24H45N3O3.HI/c1-25-24(26-15-7-3-8-18-28-21-10-4-2-5-11-21)27-16-13-22(14-17-27)30-20-23-12-6-9-19-29-23;/h21-23H,2-20H2,1H3,(H,25,26);1H. The molecule has 0 aromatic heterocycles. The minimum Gasteiger partial charge on any atom is -0.378 e. The van der Waals surface area contributed by atoms with Crippen LogP contribution in [0, 0.1) is 0 Å². The number of ether oxygens (including phenoxy) is 3. The molecule has 2 saturated heterocycles. The van der Waals surface area contributed by atoms with Gasteiger partial charge in [-0.15, -0.1) is 24.0 Å². The Hall–Kier alpha value is -0.120. The Morgan fingerprint density at radius 2 is 1.65 bits per heavy atom. The van der Waals surface area contributed by atoms with Crippen LogP contribution in [0.3, 0.4) is 0 Å². The Bertz CT molecular complexity index is 475. The van der Waals surface area contributed by atoms with Crippen LogP contribution in [0.4, 0.5) is 0 Å². The van der Waals surface area contributed by atoms with Gasteiger partial charge in [0.25, 0.3) is 0 Å². The van der Waals surface area contributed by atoms with Crippen molar-refractivity contribution in [3.05, 3.63) is 0 Å². The topological polar surface area (TPSA) is 55.3 Å². The molecule has 1 aliphatic carbocycles. The lowest BCUT2D eigenvalue weighted by molar-refractivity contribution is -0.0721. The minimum atomic E-state index is 0. The van der Waals surface area contributed by atoms with Gasteiger partial charge >= 0.3 is 0 Å². The Balaban J connectivity index is 0.00000341. The maximum absolute atomic E-state index is 6.14. The van der Waals surface area contributed by atoms with Crippen LogP contribution in [-0.2, 0) is 14.2 Å². The first-order chi connectivity index (χ1) is 14.8. The number of unbranched alkanes of at least 4 members (excludes halogenated alkanes) is 2. The third kappa shape index (κ3) is 10.6. The van der Waals surface area contributed by atoms with Crippen LogP contribution in [0.5, 0.6) is 0 Å². The van der Waals surface area contributed by atoms with E-state index in [2.05, 4.69) is 15.2 Å². The van der Waals surface area contributed by atoms with Gasteiger partial charge in [0.05, 0.1) is 24.9 Å². The van der Waals surface area contributed by atoms with Crippen LogP contribution in [0.1, 0.15) is 83.5 Å². The van der Waals surface area contributed by atoms with Gasteiger partial charge in [0.15, 0.2) is 5.96 Å². The van der Waals surface area contributed by atoms with Gasteiger partial charge in [-0.3, -0.25) is 4.99 Å². The third-order valence-corrected chi connectivity index (χ3v) is 6.76. The molecule has 7 heteroatoms. The van der Waals surface area contributed by atoms with Gasteiger partial charge in [-0.25, -0.2) is 0 Å². The predicted octanol–water partition coefficient (Wildman–Crippen LogP) is 4.75. The number of guanidine groups is 1. The zero-order valence-corrected chi connectivity index (χ0v) is 22.0. The van der Waals surface area contributed by atoms with Gasteiger partial charge in [-0.1, -0.05) is 19.3 Å². The first kappa shape index (κ1) is 27.1. The van der Waals surface area contributed by atoms with Crippen molar-refractivity contribution in [1.82, 2.24) is 10.2 Å². The highest BCUT2D eigenvalue weighted by Gasteiger charge is 2.23. The van der Waals surface area contributed by atoms with Crippen LogP contribution < -0.4 is 5.32 Å². The molecule has 1 saturated carbocycles. The lowest BCUT2D eigenvalue weighted by Crippen LogP contribution is -2.47. The van der Waals surface area contributed by atoms with E-state index in [9.17, 15) is 0 Å². The zero-order chi connectivity index (χ0) is 20.9. The molecule has 3 fully saturated rings. The molecule has 31 heavy (non-hydrogen) atoms.